The van der Waals surface area contributed by atoms with E-state index in [9.17, 15) is 24.3 Å². The summed E-state index contributed by atoms with van der Waals surface area (Å²) in [5, 5.41) is 24.9. The molecule has 144 valence electrons. The van der Waals surface area contributed by atoms with E-state index >= 15 is 0 Å². The fourth-order valence-electron chi connectivity index (χ4n) is 1.75. The Balaban J connectivity index is 4.70. The Labute approximate surface area is 146 Å². The summed E-state index contributed by atoms with van der Waals surface area (Å²) in [6, 6.07) is -4.27. The highest BCUT2D eigenvalue weighted by Gasteiger charge is 2.28. The van der Waals surface area contributed by atoms with E-state index in [1.807, 2.05) is 6.92 Å². The van der Waals surface area contributed by atoms with Crippen molar-refractivity contribution in [3.63, 3.8) is 0 Å². The van der Waals surface area contributed by atoms with Gasteiger partial charge >= 0.3 is 5.97 Å². The molecule has 0 bridgehead atoms. The maximum atomic E-state index is 12.1. The van der Waals surface area contributed by atoms with Crippen molar-refractivity contribution in [3.05, 3.63) is 0 Å². The number of rotatable bonds is 10. The molecule has 5 unspecified atom stereocenters. The number of hydrogen-bond acceptors (Lipinski definition) is 6. The molecule has 0 heterocycles. The molecule has 10 heteroatoms. The molecule has 3 amide bonds. The van der Waals surface area contributed by atoms with E-state index in [4.69, 9.17) is 10.8 Å². The Bertz CT molecular complexity index is 498. The minimum atomic E-state index is -1.27. The second-order valence-electron chi connectivity index (χ2n) is 5.95. The number of carbonyl (C=O) groups excluding carboxylic acids is 3. The van der Waals surface area contributed by atoms with Crippen LogP contribution in [-0.4, -0.2) is 64.7 Å². The van der Waals surface area contributed by atoms with Gasteiger partial charge in [0.15, 0.2) is 0 Å². The lowest BCUT2D eigenvalue weighted by molar-refractivity contribution is -0.141. The van der Waals surface area contributed by atoms with Crippen molar-refractivity contribution in [2.24, 2.45) is 11.7 Å². The number of hydrogen-bond donors (Lipinski definition) is 6. The summed E-state index contributed by atoms with van der Waals surface area (Å²) in [6.45, 7) is 5.61. The van der Waals surface area contributed by atoms with Crippen LogP contribution < -0.4 is 21.7 Å². The molecule has 25 heavy (non-hydrogen) atoms. The number of carboxylic acids is 1. The highest BCUT2D eigenvalue weighted by Crippen LogP contribution is 2.05. The summed E-state index contributed by atoms with van der Waals surface area (Å²) in [4.78, 5) is 46.6. The lowest BCUT2D eigenvalue weighted by atomic mass is 9.99. The number of aliphatic carboxylic acids is 1. The Morgan fingerprint density at radius 2 is 1.44 bits per heavy atom. The molecule has 0 aliphatic heterocycles. The van der Waals surface area contributed by atoms with E-state index in [0.717, 1.165) is 0 Å². The summed E-state index contributed by atoms with van der Waals surface area (Å²) in [6.07, 6.45) is 0.670. The fourth-order valence-corrected chi connectivity index (χ4v) is 1.75. The van der Waals surface area contributed by atoms with Crippen molar-refractivity contribution in [1.82, 2.24) is 16.0 Å². The lowest BCUT2D eigenvalue weighted by Gasteiger charge is -2.23. The normalized spacial score (nSPS) is 16.7. The standard InChI is InChI=1S/C15H28N4O6/c1-5-7(2)11(16)14(23)19-10(6-20)13(22)17-8(3)12(21)18-9(4)15(24)25/h7-11,20H,5-6,16H2,1-4H3,(H,17,22)(H,18,21)(H,19,23)(H,24,25). The topological polar surface area (TPSA) is 171 Å². The first-order chi connectivity index (χ1) is 11.5. The van der Waals surface area contributed by atoms with Crippen molar-refractivity contribution >= 4 is 23.7 Å². The molecule has 0 rings (SSSR count). The molecule has 0 aromatic rings. The molecule has 0 aromatic heterocycles. The zero-order chi connectivity index (χ0) is 19.7. The van der Waals surface area contributed by atoms with Crippen molar-refractivity contribution < 1.29 is 29.4 Å². The van der Waals surface area contributed by atoms with Crippen LogP contribution in [0.5, 0.6) is 0 Å². The minimum absolute atomic E-state index is 0.107. The fraction of sp³-hybridized carbons (Fsp3) is 0.733. The summed E-state index contributed by atoms with van der Waals surface area (Å²) < 4.78 is 0. The third-order valence-electron chi connectivity index (χ3n) is 3.86. The molecular weight excluding hydrogens is 332 g/mol. The van der Waals surface area contributed by atoms with Gasteiger partial charge in [0, 0.05) is 0 Å². The molecule has 0 spiro atoms. The SMILES string of the molecule is CCC(C)C(N)C(=O)NC(CO)C(=O)NC(C)C(=O)NC(C)C(=O)O. The summed E-state index contributed by atoms with van der Waals surface area (Å²) in [5.41, 5.74) is 5.76. The van der Waals surface area contributed by atoms with Crippen molar-refractivity contribution in [2.75, 3.05) is 6.61 Å². The minimum Gasteiger partial charge on any atom is -0.480 e. The van der Waals surface area contributed by atoms with Gasteiger partial charge in [-0.1, -0.05) is 20.3 Å². The maximum Gasteiger partial charge on any atom is 0.325 e. The Kier molecular flexibility index (Phi) is 9.69. The van der Waals surface area contributed by atoms with E-state index in [1.165, 1.54) is 13.8 Å². The zero-order valence-electron chi connectivity index (χ0n) is 14.9. The van der Waals surface area contributed by atoms with E-state index in [2.05, 4.69) is 16.0 Å². The van der Waals surface area contributed by atoms with Crippen molar-refractivity contribution in [1.29, 1.82) is 0 Å². The van der Waals surface area contributed by atoms with Gasteiger partial charge in [0.1, 0.15) is 18.1 Å². The highest BCUT2D eigenvalue weighted by atomic mass is 16.4. The summed E-state index contributed by atoms with van der Waals surface area (Å²) >= 11 is 0. The molecule has 0 aliphatic carbocycles. The van der Waals surface area contributed by atoms with E-state index in [-0.39, 0.29) is 5.92 Å². The van der Waals surface area contributed by atoms with Crippen LogP contribution in [0.2, 0.25) is 0 Å². The summed E-state index contributed by atoms with van der Waals surface area (Å²) in [7, 11) is 0. The first kappa shape index (κ1) is 22.8. The number of carbonyl (C=O) groups is 4. The van der Waals surface area contributed by atoms with E-state index < -0.39 is 54.5 Å². The van der Waals surface area contributed by atoms with Gasteiger partial charge in [0.2, 0.25) is 17.7 Å². The highest BCUT2D eigenvalue weighted by molar-refractivity contribution is 5.93. The van der Waals surface area contributed by atoms with Crippen LogP contribution in [0, 0.1) is 5.92 Å². The smallest absolute Gasteiger partial charge is 0.325 e. The predicted octanol–water partition coefficient (Wildman–Crippen LogP) is -2.07. The average Bonchev–Trinajstić information content (AvgIpc) is 2.57. The van der Waals surface area contributed by atoms with Gasteiger partial charge in [0.25, 0.3) is 0 Å². The predicted molar refractivity (Wildman–Crippen MR) is 89.3 cm³/mol. The number of nitrogens with one attached hydrogen (secondary N) is 3. The number of aliphatic hydroxyl groups excluding tert-OH is 1. The molecular formula is C15H28N4O6. The first-order valence-corrected chi connectivity index (χ1v) is 8.05. The lowest BCUT2D eigenvalue weighted by Crippen LogP contribution is -2.57. The third kappa shape index (κ3) is 7.48. The van der Waals surface area contributed by atoms with Crippen LogP contribution in [0.25, 0.3) is 0 Å². The van der Waals surface area contributed by atoms with Crippen molar-refractivity contribution in [3.8, 4) is 0 Å². The van der Waals surface area contributed by atoms with Crippen LogP contribution in [0.3, 0.4) is 0 Å². The van der Waals surface area contributed by atoms with Crippen LogP contribution in [0.1, 0.15) is 34.1 Å². The van der Waals surface area contributed by atoms with Gasteiger partial charge in [-0.05, 0) is 19.8 Å². The van der Waals surface area contributed by atoms with Gasteiger partial charge in [-0.2, -0.15) is 0 Å². The summed E-state index contributed by atoms with van der Waals surface area (Å²) in [5.74, 6) is -3.39. The molecule has 10 nitrogen and oxygen atoms in total. The third-order valence-corrected chi connectivity index (χ3v) is 3.86. The quantitative estimate of drug-likeness (QED) is 0.260. The number of nitrogens with two attached hydrogens (primary N) is 1. The average molecular weight is 360 g/mol. The van der Waals surface area contributed by atoms with Crippen LogP contribution in [0.4, 0.5) is 0 Å². The second kappa shape index (κ2) is 10.6. The second-order valence-corrected chi connectivity index (χ2v) is 5.95. The van der Waals surface area contributed by atoms with Gasteiger partial charge < -0.3 is 31.9 Å². The molecule has 0 aliphatic rings. The molecule has 0 saturated heterocycles. The monoisotopic (exact) mass is 360 g/mol. The van der Waals surface area contributed by atoms with Gasteiger partial charge in [-0.15, -0.1) is 0 Å². The largest absolute Gasteiger partial charge is 0.480 e. The molecule has 0 radical (unpaired) electrons. The zero-order valence-corrected chi connectivity index (χ0v) is 14.9. The van der Waals surface area contributed by atoms with Gasteiger partial charge in [0.05, 0.1) is 12.6 Å². The number of carboxylic acid groups (broad SMARTS) is 1. The van der Waals surface area contributed by atoms with Crippen LogP contribution >= 0.6 is 0 Å². The number of amides is 3. The Morgan fingerprint density at radius 3 is 1.88 bits per heavy atom. The molecule has 0 aromatic carbocycles. The number of aliphatic hydroxyl groups is 1. The first-order valence-electron chi connectivity index (χ1n) is 8.05. The maximum absolute atomic E-state index is 12.1. The Hall–Kier alpha value is -2.20. The van der Waals surface area contributed by atoms with E-state index in [0.29, 0.717) is 6.42 Å². The molecule has 5 atom stereocenters. The molecule has 0 saturated carbocycles. The molecule has 7 N–H and O–H groups in total. The Morgan fingerprint density at radius 1 is 0.920 bits per heavy atom. The van der Waals surface area contributed by atoms with Crippen LogP contribution in [-0.2, 0) is 19.2 Å². The van der Waals surface area contributed by atoms with Gasteiger partial charge in [-0.3, -0.25) is 19.2 Å². The van der Waals surface area contributed by atoms with Crippen molar-refractivity contribution in [2.45, 2.75) is 58.3 Å². The van der Waals surface area contributed by atoms with Crippen LogP contribution in [0.15, 0.2) is 0 Å². The molecule has 0 fully saturated rings. The van der Waals surface area contributed by atoms with Gasteiger partial charge in [-0.25, -0.2) is 0 Å². The van der Waals surface area contributed by atoms with E-state index in [1.54, 1.807) is 6.92 Å².